The predicted octanol–water partition coefficient (Wildman–Crippen LogP) is 9.36. The van der Waals surface area contributed by atoms with Gasteiger partial charge in [0.05, 0.1) is 11.8 Å². The van der Waals surface area contributed by atoms with Gasteiger partial charge in [0.15, 0.2) is 34.9 Å². The van der Waals surface area contributed by atoms with E-state index in [4.69, 9.17) is 0 Å². The molecule has 0 aromatic heterocycles. The Morgan fingerprint density at radius 3 is 1.20 bits per heavy atom. The van der Waals surface area contributed by atoms with Gasteiger partial charge in [0.25, 0.3) is 0 Å². The molecule has 6 aromatic rings. The van der Waals surface area contributed by atoms with Crippen LogP contribution in [0, 0.1) is 64.1 Å². The predicted molar refractivity (Wildman–Crippen MR) is 201 cm³/mol. The molecule has 284 valence electrons. The molecular formula is C44H30BF10P. The highest BCUT2D eigenvalue weighted by Gasteiger charge is 2.60. The van der Waals surface area contributed by atoms with Gasteiger partial charge >= 0.3 is 0 Å². The Balaban J connectivity index is 1.58. The normalized spacial score (nSPS) is 17.8. The van der Waals surface area contributed by atoms with E-state index in [9.17, 15) is 8.78 Å². The van der Waals surface area contributed by atoms with Crippen LogP contribution in [-0.4, -0.2) is 11.8 Å². The first-order chi connectivity index (χ1) is 26.9. The Labute approximate surface area is 316 Å². The molecular weight excluding hydrogens is 760 g/mol. The van der Waals surface area contributed by atoms with Crippen molar-refractivity contribution in [2.24, 2.45) is 5.92 Å². The molecule has 0 radical (unpaired) electrons. The molecule has 1 aliphatic carbocycles. The molecule has 8 rings (SSSR count). The second-order valence-electron chi connectivity index (χ2n) is 14.5. The third-order valence-electron chi connectivity index (χ3n) is 11.9. The molecule has 0 amide bonds. The van der Waals surface area contributed by atoms with Crippen molar-refractivity contribution in [3.8, 4) is 0 Å². The maximum atomic E-state index is 16.6. The van der Waals surface area contributed by atoms with E-state index in [1.54, 1.807) is 60.7 Å². The van der Waals surface area contributed by atoms with Gasteiger partial charge in [0, 0.05) is 5.92 Å². The fraction of sp³-hybridized carbons (Fsp3) is 0.136. The molecule has 1 saturated heterocycles. The molecule has 6 aromatic carbocycles. The lowest BCUT2D eigenvalue weighted by Gasteiger charge is -2.54. The van der Waals surface area contributed by atoms with E-state index in [0.29, 0.717) is 27.9 Å². The van der Waals surface area contributed by atoms with Crippen molar-refractivity contribution in [3.63, 3.8) is 0 Å². The molecule has 0 nitrogen and oxygen atoms in total. The van der Waals surface area contributed by atoms with Gasteiger partial charge in [-0.2, -0.15) is 0 Å². The van der Waals surface area contributed by atoms with Crippen molar-refractivity contribution < 1.29 is 43.9 Å². The lowest BCUT2D eigenvalue weighted by atomic mass is 9.12. The molecule has 0 spiro atoms. The van der Waals surface area contributed by atoms with Crippen LogP contribution in [0.2, 0.25) is 12.6 Å². The zero-order chi connectivity index (χ0) is 39.5. The molecule has 56 heavy (non-hydrogen) atoms. The maximum absolute atomic E-state index is 16.6. The van der Waals surface area contributed by atoms with Gasteiger partial charge < -0.3 is 0 Å². The summed E-state index contributed by atoms with van der Waals surface area (Å²) in [5, 5.41) is 2.13. The Hall–Kier alpha value is -5.15. The first kappa shape index (κ1) is 37.8. The van der Waals surface area contributed by atoms with E-state index >= 15 is 35.1 Å². The lowest BCUT2D eigenvalue weighted by Crippen LogP contribution is -2.68. The van der Waals surface area contributed by atoms with Crippen LogP contribution in [0.5, 0.6) is 0 Å². The van der Waals surface area contributed by atoms with E-state index in [1.807, 2.05) is 60.7 Å². The number of rotatable bonds is 6. The van der Waals surface area contributed by atoms with Crippen molar-refractivity contribution in [2.45, 2.75) is 31.1 Å². The summed E-state index contributed by atoms with van der Waals surface area (Å²) in [5.74, 6) is -24.9. The van der Waals surface area contributed by atoms with Crippen LogP contribution in [0.4, 0.5) is 43.9 Å². The largest absolute Gasteiger partial charge is 0.207 e. The zero-order valence-corrected chi connectivity index (χ0v) is 30.2. The summed E-state index contributed by atoms with van der Waals surface area (Å²) in [6.07, 6.45) is -3.38. The summed E-state index contributed by atoms with van der Waals surface area (Å²) in [4.78, 5) is 0. The summed E-state index contributed by atoms with van der Waals surface area (Å²) >= 11 is 0. The van der Waals surface area contributed by atoms with Gasteiger partial charge in [0.1, 0.15) is 46.4 Å². The molecule has 2 aliphatic rings. The summed E-state index contributed by atoms with van der Waals surface area (Å²) in [6.45, 7) is 0. The van der Waals surface area contributed by atoms with Crippen molar-refractivity contribution in [3.05, 3.63) is 196 Å². The SMILES string of the molecule is Fc1c(F)c(F)c([B-]2(c3c(F)c(F)c(F)c(F)c3F)CC3=CCc4ccccc4C[C@H]3[C@H]([P+](c3ccccc3)(c3ccccc3)c3ccccc3)C2)c(F)c1F. The first-order valence-electron chi connectivity index (χ1n) is 18.0. The van der Waals surface area contributed by atoms with E-state index < -0.39 is 107 Å². The highest BCUT2D eigenvalue weighted by Crippen LogP contribution is 2.67. The topological polar surface area (TPSA) is 0 Å². The van der Waals surface area contributed by atoms with E-state index in [1.165, 1.54) is 0 Å². The van der Waals surface area contributed by atoms with Crippen molar-refractivity contribution >= 4 is 40.2 Å². The molecule has 0 bridgehead atoms. The number of fused-ring (bicyclic) bond motifs is 2. The molecule has 1 fully saturated rings. The summed E-state index contributed by atoms with van der Waals surface area (Å²) in [5.41, 5.74) is -2.09. The van der Waals surface area contributed by atoms with Crippen LogP contribution >= 0.6 is 7.26 Å². The van der Waals surface area contributed by atoms with E-state index in [-0.39, 0.29) is 6.42 Å². The molecule has 0 saturated carbocycles. The van der Waals surface area contributed by atoms with Crippen LogP contribution in [0.3, 0.4) is 0 Å². The minimum atomic E-state index is -4.11. The average molecular weight is 790 g/mol. The van der Waals surface area contributed by atoms with Crippen LogP contribution in [0.15, 0.2) is 127 Å². The average Bonchev–Trinajstić information content (AvgIpc) is 3.42. The smallest absolute Gasteiger partial charge is 0.200 e. The van der Waals surface area contributed by atoms with Crippen LogP contribution in [0.25, 0.3) is 0 Å². The van der Waals surface area contributed by atoms with Crippen molar-refractivity contribution in [1.29, 1.82) is 0 Å². The van der Waals surface area contributed by atoms with Crippen LogP contribution in [-0.2, 0) is 12.8 Å². The van der Waals surface area contributed by atoms with Crippen molar-refractivity contribution in [1.82, 2.24) is 0 Å². The fourth-order valence-electron chi connectivity index (χ4n) is 9.63. The Morgan fingerprint density at radius 2 is 0.786 bits per heavy atom. The zero-order valence-electron chi connectivity index (χ0n) is 29.3. The lowest BCUT2D eigenvalue weighted by molar-refractivity contribution is 0.381. The maximum Gasteiger partial charge on any atom is 0.200 e. The van der Waals surface area contributed by atoms with Gasteiger partial charge in [-0.15, -0.1) is 29.1 Å². The second kappa shape index (κ2) is 14.4. The number of benzene rings is 6. The Morgan fingerprint density at radius 1 is 0.429 bits per heavy atom. The van der Waals surface area contributed by atoms with Crippen LogP contribution < -0.4 is 26.8 Å². The molecule has 0 N–H and O–H groups in total. The van der Waals surface area contributed by atoms with Crippen molar-refractivity contribution in [2.75, 3.05) is 0 Å². The molecule has 0 unspecified atom stereocenters. The molecule has 1 aliphatic heterocycles. The third kappa shape index (κ3) is 5.64. The summed E-state index contributed by atoms with van der Waals surface area (Å²) in [6, 6.07) is 34.6. The Bertz CT molecular complexity index is 2290. The number of hydrogen-bond donors (Lipinski definition) is 0. The summed E-state index contributed by atoms with van der Waals surface area (Å²) in [7, 11) is -3.34. The molecule has 12 heteroatoms. The van der Waals surface area contributed by atoms with E-state index in [2.05, 4.69) is 0 Å². The summed E-state index contributed by atoms with van der Waals surface area (Å²) < 4.78 is 157. The van der Waals surface area contributed by atoms with Gasteiger partial charge in [0.2, 0.25) is 0 Å². The standard InChI is InChI=1S/C44H30BF10P/c46-35-33(36(47)40(51)43(54)39(35)50)45(34-37(48)41(52)44(55)42(53)38(34)49)23-27-21-20-25-12-10-11-13-26(25)22-31(27)32(24-45)56(28-14-4-1-5-15-28,29-16-6-2-7-17-29)30-18-8-3-9-19-30/h1-19,21,31-32H,20,22-24H2/t31-,32-/m1/s1. The minimum absolute atomic E-state index is 0.211. The third-order valence-corrected chi connectivity index (χ3v) is 16.8. The fourth-order valence-corrected chi connectivity index (χ4v) is 15.1. The minimum Gasteiger partial charge on any atom is -0.207 e. The van der Waals surface area contributed by atoms with Crippen LogP contribution in [0.1, 0.15) is 11.1 Å². The van der Waals surface area contributed by atoms with Gasteiger partial charge in [-0.1, -0.05) is 84.9 Å². The molecule has 1 heterocycles. The number of allylic oxidation sites excluding steroid dienone is 2. The number of halogens is 10. The van der Waals surface area contributed by atoms with Gasteiger partial charge in [-0.3, -0.25) is 0 Å². The highest BCUT2D eigenvalue weighted by atomic mass is 31.2. The number of hydrogen-bond acceptors (Lipinski definition) is 0. The van der Waals surface area contributed by atoms with E-state index in [0.717, 1.165) is 11.1 Å². The highest BCUT2D eigenvalue weighted by molar-refractivity contribution is 7.96. The Kier molecular flexibility index (Phi) is 9.72. The quantitative estimate of drug-likeness (QED) is 0.0394. The van der Waals surface area contributed by atoms with Gasteiger partial charge in [-0.05, 0) is 60.4 Å². The first-order valence-corrected chi connectivity index (χ1v) is 19.8. The molecule has 2 atom stereocenters. The second-order valence-corrected chi connectivity index (χ2v) is 18.2. The monoisotopic (exact) mass is 790 g/mol. The van der Waals surface area contributed by atoms with Gasteiger partial charge in [-0.25, -0.2) is 43.9 Å².